The van der Waals surface area contributed by atoms with Gasteiger partial charge in [-0.05, 0) is 153 Å². The van der Waals surface area contributed by atoms with Gasteiger partial charge in [-0.15, -0.1) is 0 Å². The number of carbonyl (C=O) groups is 1. The summed E-state index contributed by atoms with van der Waals surface area (Å²) in [4.78, 5) is 25.3. The second-order valence-electron chi connectivity index (χ2n) is 23.2. The topological polar surface area (TPSA) is 84.6 Å². The van der Waals surface area contributed by atoms with E-state index in [0.29, 0.717) is 54.9 Å². The van der Waals surface area contributed by atoms with Gasteiger partial charge in [0.05, 0.1) is 12.1 Å². The van der Waals surface area contributed by atoms with Crippen molar-refractivity contribution < 1.29 is 9.18 Å². The number of carbonyl (C=O) groups excluding carboxylic acids is 1. The summed E-state index contributed by atoms with van der Waals surface area (Å²) in [5.74, 6) is -0.307. The zero-order valence-electron chi connectivity index (χ0n) is 47.2. The fourth-order valence-electron chi connectivity index (χ4n) is 8.78. The van der Waals surface area contributed by atoms with E-state index < -0.39 is 12.2 Å². The Kier molecular flexibility index (Phi) is 27.6. The Morgan fingerprint density at radius 1 is 0.543 bits per heavy atom. The van der Waals surface area contributed by atoms with Crippen LogP contribution in [0.15, 0.2) is 112 Å². The van der Waals surface area contributed by atoms with Crippen LogP contribution in [0.3, 0.4) is 0 Å². The Balaban J connectivity index is 0.000000438. The van der Waals surface area contributed by atoms with Crippen LogP contribution in [-0.4, -0.2) is 173 Å². The summed E-state index contributed by atoms with van der Waals surface area (Å²) in [6.45, 7) is 72.6. The van der Waals surface area contributed by atoms with Crippen molar-refractivity contribution in [2.45, 2.75) is 181 Å². The molecule has 400 valence electrons. The third-order valence-electron chi connectivity index (χ3n) is 13.9. The molecule has 0 saturated carbocycles. The Morgan fingerprint density at radius 2 is 0.971 bits per heavy atom. The minimum Gasteiger partial charge on any atom is -0.382 e. The molecule has 0 aromatic heterocycles. The largest absolute Gasteiger partial charge is 0.382 e. The molecule has 5 fully saturated rings. The molecule has 5 aliphatic heterocycles. The summed E-state index contributed by atoms with van der Waals surface area (Å²) in [5.41, 5.74) is 4.35. The molecule has 0 aromatic rings. The molecule has 1 amide bonds. The van der Waals surface area contributed by atoms with Gasteiger partial charge in [-0.25, -0.2) is 4.39 Å². The summed E-state index contributed by atoms with van der Waals surface area (Å²) in [6, 6.07) is 3.17. The van der Waals surface area contributed by atoms with E-state index in [1.165, 1.54) is 51.4 Å². The molecule has 0 radical (unpaired) electrons. The predicted molar refractivity (Wildman–Crippen MR) is 303 cm³/mol. The molecule has 4 N–H and O–H groups in total. The molecule has 12 heteroatoms. The number of likely N-dealkylation sites (N-methyl/N-ethyl adjacent to an activating group) is 1. The minimum absolute atomic E-state index is 0.0575. The van der Waals surface area contributed by atoms with Crippen LogP contribution in [0.1, 0.15) is 116 Å². The third kappa shape index (κ3) is 23.5. The fraction of sp³-hybridized carbons (Fsp3) is 0.672. The lowest BCUT2D eigenvalue weighted by molar-refractivity contribution is -0.117. The lowest BCUT2D eigenvalue weighted by atomic mass is 9.97. The number of alkyl halides is 1. The molecular formula is C58H105FN10O. The standard InChI is InChI=1S/C13H24N2.C12H22N2.C11H19FN2O.2C11H20N2/c1-6-11(2)14-12-8-7-9-15(10-12)13(3,4)5;1-6-11(4)13(5)12-7-8-14(9-12)10(2)3;1-5-10(15)13-9-7-14(6-8(9)12)11(2,3)4;1-6-9(2)12-10-7-13(8-10)11(3,4)5;1-5-10(4)12-11-6-7-13(8-11)9(2)3/h6,12,14H,1-2,7-10H2,3-5H3;6,10,12H,1,4,7-9H2,2-3,5H3;5,8-9H,1,6-7H2,2-4H3,(H,13,15);6,10,12H,1-2,7-8H2,3-5H3;5,9,11-12H,1,4,6-8H2,2-3H3. The smallest absolute Gasteiger partial charge is 0.243 e. The van der Waals surface area contributed by atoms with Gasteiger partial charge in [0.1, 0.15) is 6.17 Å². The van der Waals surface area contributed by atoms with Crippen LogP contribution in [0.25, 0.3) is 0 Å². The van der Waals surface area contributed by atoms with Crippen molar-refractivity contribution in [3.05, 3.63) is 112 Å². The van der Waals surface area contributed by atoms with E-state index in [-0.39, 0.29) is 17.0 Å². The van der Waals surface area contributed by atoms with Crippen molar-refractivity contribution in [1.82, 2.24) is 50.7 Å². The zero-order valence-corrected chi connectivity index (χ0v) is 47.2. The normalized spacial score (nSPS) is 23.5. The number of allylic oxidation sites excluding steroid dienone is 4. The number of nitrogens with zero attached hydrogens (tertiary/aromatic N) is 6. The molecule has 0 aliphatic carbocycles. The monoisotopic (exact) mass is 977 g/mol. The Morgan fingerprint density at radius 3 is 1.37 bits per heavy atom. The molecular weight excluding hydrogens is 872 g/mol. The second-order valence-corrected chi connectivity index (χ2v) is 23.2. The fourth-order valence-corrected chi connectivity index (χ4v) is 8.78. The number of rotatable bonds is 16. The van der Waals surface area contributed by atoms with Crippen molar-refractivity contribution in [3.63, 3.8) is 0 Å². The molecule has 5 atom stereocenters. The van der Waals surface area contributed by atoms with Crippen LogP contribution in [0.2, 0.25) is 0 Å². The van der Waals surface area contributed by atoms with Crippen LogP contribution in [0.5, 0.6) is 0 Å². The zero-order chi connectivity index (χ0) is 53.7. The first kappa shape index (κ1) is 64.1. The molecule has 5 heterocycles. The summed E-state index contributed by atoms with van der Waals surface area (Å²) in [5, 5.41) is 12.7. The Bertz CT molecular complexity index is 1680. The maximum absolute atomic E-state index is 13.6. The van der Waals surface area contributed by atoms with Crippen LogP contribution >= 0.6 is 0 Å². The molecule has 5 unspecified atom stereocenters. The van der Waals surface area contributed by atoms with Gasteiger partial charge in [0.15, 0.2) is 0 Å². The summed E-state index contributed by atoms with van der Waals surface area (Å²) >= 11 is 0. The lowest BCUT2D eigenvalue weighted by Crippen LogP contribution is -2.63. The van der Waals surface area contributed by atoms with E-state index in [0.717, 1.165) is 55.5 Å². The maximum Gasteiger partial charge on any atom is 0.243 e. The number of hydrogen-bond acceptors (Lipinski definition) is 10. The Labute approximate surface area is 429 Å². The molecule has 0 aromatic carbocycles. The number of piperidine rings is 1. The Hall–Kier alpha value is -3.94. The molecule has 70 heavy (non-hydrogen) atoms. The maximum atomic E-state index is 13.6. The molecule has 5 aliphatic rings. The van der Waals surface area contributed by atoms with E-state index in [9.17, 15) is 9.18 Å². The molecule has 0 spiro atoms. The van der Waals surface area contributed by atoms with Crippen molar-refractivity contribution in [2.75, 3.05) is 72.5 Å². The number of likely N-dealkylation sites (tertiary alicyclic amines) is 5. The quantitative estimate of drug-likeness (QED) is 0.0889. The number of halogens is 1. The van der Waals surface area contributed by atoms with E-state index in [1.807, 2.05) is 31.7 Å². The SMILES string of the molecule is C=CC(=C)N(C)C1CCN(C(C)C)C1.C=CC(=C)NC1CCCN(C(C)(C)C)C1.C=CC(=C)NC1CCN(C(C)C)C1.C=CC(=C)NC1CN(C(C)(C)C)C1.C=CC(=O)NC1CN(C(C)(C)C)CC1F. The van der Waals surface area contributed by atoms with Gasteiger partial charge in [-0.1, -0.05) is 59.2 Å². The van der Waals surface area contributed by atoms with Gasteiger partial charge in [0.2, 0.25) is 5.91 Å². The van der Waals surface area contributed by atoms with Gasteiger partial charge in [-0.2, -0.15) is 0 Å². The van der Waals surface area contributed by atoms with Crippen molar-refractivity contribution in [1.29, 1.82) is 0 Å². The van der Waals surface area contributed by atoms with Crippen LogP contribution < -0.4 is 21.3 Å². The van der Waals surface area contributed by atoms with E-state index in [2.05, 4.69) is 181 Å². The highest BCUT2D eigenvalue weighted by molar-refractivity contribution is 5.87. The summed E-state index contributed by atoms with van der Waals surface area (Å²) in [7, 11) is 2.11. The number of nitrogens with one attached hydrogen (secondary N) is 4. The number of hydrogen-bond donors (Lipinski definition) is 4. The van der Waals surface area contributed by atoms with Crippen molar-refractivity contribution >= 4 is 5.91 Å². The first-order valence-corrected chi connectivity index (χ1v) is 26.0. The lowest BCUT2D eigenvalue weighted by Gasteiger charge is -2.48. The molecule has 5 rings (SSSR count). The van der Waals surface area contributed by atoms with Crippen LogP contribution in [-0.2, 0) is 4.79 Å². The van der Waals surface area contributed by atoms with Gasteiger partial charge < -0.3 is 26.2 Å². The first-order valence-electron chi connectivity index (χ1n) is 26.0. The highest BCUT2D eigenvalue weighted by Gasteiger charge is 2.38. The average molecular weight is 978 g/mol. The van der Waals surface area contributed by atoms with E-state index in [1.54, 1.807) is 18.2 Å². The molecule has 0 bridgehead atoms. The molecule has 11 nitrogen and oxygen atoms in total. The molecule has 5 saturated heterocycles. The van der Waals surface area contributed by atoms with Gasteiger partial charge in [0.25, 0.3) is 0 Å². The van der Waals surface area contributed by atoms with Gasteiger partial charge in [0, 0.05) is 136 Å². The number of amides is 1. The average Bonchev–Trinajstić information content (AvgIpc) is 4.05. The summed E-state index contributed by atoms with van der Waals surface area (Å²) < 4.78 is 13.6. The van der Waals surface area contributed by atoms with Gasteiger partial charge in [-0.3, -0.25) is 29.3 Å². The van der Waals surface area contributed by atoms with Crippen LogP contribution in [0, 0.1) is 0 Å². The highest BCUT2D eigenvalue weighted by atomic mass is 19.1. The van der Waals surface area contributed by atoms with E-state index >= 15 is 0 Å². The highest BCUT2D eigenvalue weighted by Crippen LogP contribution is 2.24. The van der Waals surface area contributed by atoms with Gasteiger partial charge >= 0.3 is 0 Å². The minimum atomic E-state index is -0.992. The van der Waals surface area contributed by atoms with E-state index in [4.69, 9.17) is 0 Å². The van der Waals surface area contributed by atoms with Crippen molar-refractivity contribution in [2.24, 2.45) is 0 Å². The van der Waals surface area contributed by atoms with Crippen LogP contribution in [0.4, 0.5) is 4.39 Å². The first-order chi connectivity index (χ1) is 32.4. The third-order valence-corrected chi connectivity index (χ3v) is 13.9. The van der Waals surface area contributed by atoms with Crippen molar-refractivity contribution in [3.8, 4) is 0 Å². The second kappa shape index (κ2) is 30.2. The predicted octanol–water partition coefficient (Wildman–Crippen LogP) is 9.27. The summed E-state index contributed by atoms with van der Waals surface area (Å²) in [6.07, 6.45) is 12.3.